The third-order valence-corrected chi connectivity index (χ3v) is 4.42. The smallest absolute Gasteiger partial charge is 0.328 e. The van der Waals surface area contributed by atoms with Gasteiger partial charge < -0.3 is 4.90 Å². The van der Waals surface area contributed by atoms with Crippen LogP contribution in [0.1, 0.15) is 11.1 Å². The SMILES string of the molecule is N#Cc1ccc(CN2CCN(C(=O)Cn3ccc(=O)[nH]c3=O)CC2)cc1. The van der Waals surface area contributed by atoms with E-state index in [0.717, 1.165) is 25.2 Å². The highest BCUT2D eigenvalue weighted by Crippen LogP contribution is 2.10. The molecule has 0 aliphatic carbocycles. The summed E-state index contributed by atoms with van der Waals surface area (Å²) in [5.41, 5.74) is 0.714. The van der Waals surface area contributed by atoms with Gasteiger partial charge in [0, 0.05) is 45.0 Å². The molecule has 0 unspecified atom stereocenters. The zero-order chi connectivity index (χ0) is 18.5. The van der Waals surface area contributed by atoms with Crippen LogP contribution in [0.15, 0.2) is 46.1 Å². The number of rotatable bonds is 4. The van der Waals surface area contributed by atoms with Gasteiger partial charge in [0.05, 0.1) is 11.6 Å². The van der Waals surface area contributed by atoms with Crippen LogP contribution in [0.3, 0.4) is 0 Å². The summed E-state index contributed by atoms with van der Waals surface area (Å²) in [5, 5.41) is 8.83. The van der Waals surface area contributed by atoms with Crippen LogP contribution in [0.4, 0.5) is 0 Å². The van der Waals surface area contributed by atoms with Crippen LogP contribution in [0.2, 0.25) is 0 Å². The molecule has 8 nitrogen and oxygen atoms in total. The lowest BCUT2D eigenvalue weighted by Crippen LogP contribution is -2.49. The van der Waals surface area contributed by atoms with Gasteiger partial charge in [-0.15, -0.1) is 0 Å². The third kappa shape index (κ3) is 4.26. The van der Waals surface area contributed by atoms with Gasteiger partial charge in [-0.3, -0.25) is 24.0 Å². The molecule has 3 rings (SSSR count). The van der Waals surface area contributed by atoms with E-state index in [9.17, 15) is 14.4 Å². The summed E-state index contributed by atoms with van der Waals surface area (Å²) in [6.07, 6.45) is 1.33. The molecular formula is C18H19N5O3. The number of hydrogen-bond donors (Lipinski definition) is 1. The first-order chi connectivity index (χ1) is 12.5. The molecule has 26 heavy (non-hydrogen) atoms. The van der Waals surface area contributed by atoms with Crippen LogP contribution in [-0.4, -0.2) is 51.4 Å². The van der Waals surface area contributed by atoms with E-state index in [1.54, 1.807) is 17.0 Å². The van der Waals surface area contributed by atoms with Crippen molar-refractivity contribution in [1.82, 2.24) is 19.4 Å². The Bertz CT molecular complexity index is 931. The average Bonchev–Trinajstić information content (AvgIpc) is 2.65. The maximum Gasteiger partial charge on any atom is 0.328 e. The molecular weight excluding hydrogens is 334 g/mol. The molecule has 0 radical (unpaired) electrons. The van der Waals surface area contributed by atoms with Gasteiger partial charge >= 0.3 is 5.69 Å². The van der Waals surface area contributed by atoms with Crippen LogP contribution in [0, 0.1) is 11.3 Å². The van der Waals surface area contributed by atoms with Crippen LogP contribution in [-0.2, 0) is 17.9 Å². The standard InChI is InChI=1S/C18H19N5O3/c19-11-14-1-3-15(4-2-14)12-21-7-9-22(10-8-21)17(25)13-23-6-5-16(24)20-18(23)26/h1-6H,7-10,12-13H2,(H,20,24,26). The van der Waals surface area contributed by atoms with Crippen molar-refractivity contribution in [3.8, 4) is 6.07 Å². The number of H-pyrrole nitrogens is 1. The predicted octanol–water partition coefficient (Wildman–Crippen LogP) is -0.247. The molecule has 1 fully saturated rings. The Balaban J connectivity index is 1.52. The fourth-order valence-corrected chi connectivity index (χ4v) is 2.91. The van der Waals surface area contributed by atoms with Crippen molar-refractivity contribution in [3.63, 3.8) is 0 Å². The molecule has 1 aromatic heterocycles. The Labute approximate surface area is 149 Å². The van der Waals surface area contributed by atoms with E-state index in [4.69, 9.17) is 5.26 Å². The molecule has 8 heteroatoms. The Hall–Kier alpha value is -3.18. The van der Waals surface area contributed by atoms with Crippen molar-refractivity contribution in [3.05, 3.63) is 68.5 Å². The summed E-state index contributed by atoms with van der Waals surface area (Å²) in [6, 6.07) is 10.8. The summed E-state index contributed by atoms with van der Waals surface area (Å²) >= 11 is 0. The number of aromatic nitrogens is 2. The fraction of sp³-hybridized carbons (Fsp3) is 0.333. The first kappa shape index (κ1) is 17.6. The lowest BCUT2D eigenvalue weighted by atomic mass is 10.1. The monoisotopic (exact) mass is 353 g/mol. The fourth-order valence-electron chi connectivity index (χ4n) is 2.91. The highest BCUT2D eigenvalue weighted by Gasteiger charge is 2.21. The van der Waals surface area contributed by atoms with E-state index in [-0.39, 0.29) is 12.5 Å². The van der Waals surface area contributed by atoms with Gasteiger partial charge in [-0.2, -0.15) is 5.26 Å². The van der Waals surface area contributed by atoms with E-state index < -0.39 is 11.2 Å². The number of benzene rings is 1. The molecule has 2 aromatic rings. The highest BCUT2D eigenvalue weighted by molar-refractivity contribution is 5.76. The number of nitrogens with zero attached hydrogens (tertiary/aromatic N) is 4. The molecule has 1 aliphatic rings. The molecule has 1 saturated heterocycles. The Morgan fingerprint density at radius 3 is 2.38 bits per heavy atom. The van der Waals surface area contributed by atoms with E-state index in [1.807, 2.05) is 12.1 Å². The molecule has 0 atom stereocenters. The van der Waals surface area contributed by atoms with Gasteiger partial charge in [0.25, 0.3) is 5.56 Å². The molecule has 2 heterocycles. The molecule has 1 aromatic carbocycles. The Kier molecular flexibility index (Phi) is 5.29. The van der Waals surface area contributed by atoms with Crippen LogP contribution in [0.25, 0.3) is 0 Å². The quantitative estimate of drug-likeness (QED) is 0.817. The molecule has 1 N–H and O–H groups in total. The van der Waals surface area contributed by atoms with Crippen LogP contribution < -0.4 is 11.2 Å². The van der Waals surface area contributed by atoms with Crippen molar-refractivity contribution in [2.75, 3.05) is 26.2 Å². The van der Waals surface area contributed by atoms with E-state index in [2.05, 4.69) is 16.0 Å². The average molecular weight is 353 g/mol. The predicted molar refractivity (Wildman–Crippen MR) is 94.3 cm³/mol. The van der Waals surface area contributed by atoms with Crippen molar-refractivity contribution < 1.29 is 4.79 Å². The van der Waals surface area contributed by atoms with Crippen molar-refractivity contribution in [2.24, 2.45) is 0 Å². The number of aromatic amines is 1. The molecule has 134 valence electrons. The number of nitriles is 1. The minimum absolute atomic E-state index is 0.0781. The van der Waals surface area contributed by atoms with Crippen LogP contribution >= 0.6 is 0 Å². The number of carbonyl (C=O) groups is 1. The number of piperazine rings is 1. The maximum absolute atomic E-state index is 12.4. The number of amides is 1. The lowest BCUT2D eigenvalue weighted by Gasteiger charge is -2.34. The van der Waals surface area contributed by atoms with Gasteiger partial charge in [-0.05, 0) is 17.7 Å². The molecule has 0 bridgehead atoms. The first-order valence-corrected chi connectivity index (χ1v) is 8.34. The first-order valence-electron chi connectivity index (χ1n) is 8.34. The van der Waals surface area contributed by atoms with Gasteiger partial charge in [-0.1, -0.05) is 12.1 Å². The van der Waals surface area contributed by atoms with Gasteiger partial charge in [0.1, 0.15) is 6.54 Å². The van der Waals surface area contributed by atoms with Crippen molar-refractivity contribution in [1.29, 1.82) is 5.26 Å². The number of hydrogen-bond acceptors (Lipinski definition) is 5. The topological polar surface area (TPSA) is 102 Å². The zero-order valence-electron chi connectivity index (χ0n) is 14.2. The zero-order valence-corrected chi connectivity index (χ0v) is 14.2. The Morgan fingerprint density at radius 1 is 1.08 bits per heavy atom. The van der Waals surface area contributed by atoms with Gasteiger partial charge in [0.15, 0.2) is 0 Å². The lowest BCUT2D eigenvalue weighted by molar-refractivity contribution is -0.133. The van der Waals surface area contributed by atoms with E-state index in [0.29, 0.717) is 18.7 Å². The largest absolute Gasteiger partial charge is 0.339 e. The second-order valence-electron chi connectivity index (χ2n) is 6.20. The second-order valence-corrected chi connectivity index (χ2v) is 6.20. The van der Waals surface area contributed by atoms with Gasteiger partial charge in [-0.25, -0.2) is 4.79 Å². The molecule has 1 amide bonds. The minimum Gasteiger partial charge on any atom is -0.339 e. The summed E-state index contributed by atoms with van der Waals surface area (Å²) < 4.78 is 1.20. The van der Waals surface area contributed by atoms with E-state index >= 15 is 0 Å². The summed E-state index contributed by atoms with van der Waals surface area (Å²) in [4.78, 5) is 41.2. The molecule has 0 spiro atoms. The number of carbonyl (C=O) groups excluding carboxylic acids is 1. The van der Waals surface area contributed by atoms with E-state index in [1.165, 1.54) is 16.8 Å². The van der Waals surface area contributed by atoms with Crippen LogP contribution in [0.5, 0.6) is 0 Å². The van der Waals surface area contributed by atoms with Crippen molar-refractivity contribution >= 4 is 5.91 Å². The minimum atomic E-state index is -0.578. The molecule has 1 aliphatic heterocycles. The number of nitrogens with one attached hydrogen (secondary N) is 1. The highest BCUT2D eigenvalue weighted by atomic mass is 16.2. The maximum atomic E-state index is 12.4. The third-order valence-electron chi connectivity index (χ3n) is 4.42. The summed E-state index contributed by atoms with van der Waals surface area (Å²) in [6.45, 7) is 3.36. The summed E-state index contributed by atoms with van der Waals surface area (Å²) in [7, 11) is 0. The molecule has 0 saturated carbocycles. The summed E-state index contributed by atoms with van der Waals surface area (Å²) in [5.74, 6) is -0.142. The normalized spacial score (nSPS) is 14.8. The second kappa shape index (κ2) is 7.80. The van der Waals surface area contributed by atoms with Gasteiger partial charge in [0.2, 0.25) is 5.91 Å². The van der Waals surface area contributed by atoms with Crippen molar-refractivity contribution in [2.45, 2.75) is 13.1 Å². The Morgan fingerprint density at radius 2 is 1.77 bits per heavy atom.